The Hall–Kier alpha value is -0.820. The molecule has 1 saturated heterocycles. The molecular weight excluding hydrogens is 148 g/mol. The summed E-state index contributed by atoms with van der Waals surface area (Å²) in [6, 6.07) is 10.8. The molecule has 1 unspecified atom stereocenters. The first-order valence-electron chi connectivity index (χ1n) is 4.59. The maximum Gasteiger partial charge on any atom is 0.0906 e. The monoisotopic (exact) mass is 160 g/mol. The van der Waals surface area contributed by atoms with Crippen LogP contribution in [0.5, 0.6) is 0 Å². The smallest absolute Gasteiger partial charge is 0.0906 e. The fourth-order valence-corrected chi connectivity index (χ4v) is 2.07. The van der Waals surface area contributed by atoms with Crippen LogP contribution < -0.4 is 0 Å². The minimum Gasteiger partial charge on any atom is -0.372 e. The maximum absolute atomic E-state index is 5.39. The van der Waals surface area contributed by atoms with Gasteiger partial charge in [-0.05, 0) is 18.4 Å². The van der Waals surface area contributed by atoms with Gasteiger partial charge < -0.3 is 4.74 Å². The number of hydrogen-bond donors (Lipinski definition) is 0. The average molecular weight is 160 g/mol. The summed E-state index contributed by atoms with van der Waals surface area (Å²) < 4.78 is 5.39. The Morgan fingerprint density at radius 1 is 1.17 bits per heavy atom. The van der Waals surface area contributed by atoms with E-state index in [2.05, 4.69) is 30.3 Å². The molecular formula is C11H12O. The second kappa shape index (κ2) is 2.11. The van der Waals surface area contributed by atoms with E-state index in [0.29, 0.717) is 11.5 Å². The second-order valence-corrected chi connectivity index (χ2v) is 3.84. The van der Waals surface area contributed by atoms with Gasteiger partial charge in [-0.1, -0.05) is 30.3 Å². The van der Waals surface area contributed by atoms with Crippen LogP contribution in [-0.4, -0.2) is 12.7 Å². The first-order valence-corrected chi connectivity index (χ1v) is 4.59. The number of epoxide rings is 1. The molecule has 0 aromatic heterocycles. The normalized spacial score (nSPS) is 29.8. The van der Waals surface area contributed by atoms with E-state index in [1.165, 1.54) is 18.4 Å². The van der Waals surface area contributed by atoms with Crippen LogP contribution in [-0.2, 0) is 10.2 Å². The third kappa shape index (κ3) is 0.831. The Labute approximate surface area is 72.4 Å². The minimum atomic E-state index is 0.432. The summed E-state index contributed by atoms with van der Waals surface area (Å²) >= 11 is 0. The molecule has 1 heteroatoms. The molecule has 1 aliphatic carbocycles. The van der Waals surface area contributed by atoms with Crippen molar-refractivity contribution in [1.29, 1.82) is 0 Å². The van der Waals surface area contributed by atoms with Crippen molar-refractivity contribution in [2.75, 3.05) is 6.61 Å². The van der Waals surface area contributed by atoms with E-state index in [4.69, 9.17) is 4.74 Å². The molecule has 0 spiro atoms. The van der Waals surface area contributed by atoms with Gasteiger partial charge in [0.15, 0.2) is 0 Å². The van der Waals surface area contributed by atoms with E-state index in [1.807, 2.05) is 0 Å². The van der Waals surface area contributed by atoms with Crippen LogP contribution >= 0.6 is 0 Å². The number of hydrogen-bond acceptors (Lipinski definition) is 1. The highest BCUT2D eigenvalue weighted by Crippen LogP contribution is 2.55. The molecule has 1 aromatic carbocycles. The van der Waals surface area contributed by atoms with Crippen molar-refractivity contribution in [1.82, 2.24) is 0 Å². The Bertz CT molecular complexity index is 283. The quantitative estimate of drug-likeness (QED) is 0.604. The summed E-state index contributed by atoms with van der Waals surface area (Å²) in [6.45, 7) is 0.981. The number of rotatable bonds is 2. The zero-order chi connectivity index (χ0) is 8.02. The molecule has 1 nitrogen and oxygen atoms in total. The summed E-state index contributed by atoms with van der Waals surface area (Å²) in [5.74, 6) is 0. The van der Waals surface area contributed by atoms with E-state index in [0.717, 1.165) is 6.61 Å². The molecule has 0 N–H and O–H groups in total. The SMILES string of the molecule is c1ccc(C2(C3CO3)CC2)cc1. The van der Waals surface area contributed by atoms with Crippen molar-refractivity contribution in [3.63, 3.8) is 0 Å². The van der Waals surface area contributed by atoms with E-state index in [-0.39, 0.29) is 0 Å². The summed E-state index contributed by atoms with van der Waals surface area (Å²) in [5, 5.41) is 0. The van der Waals surface area contributed by atoms with Gasteiger partial charge in [-0.25, -0.2) is 0 Å². The average Bonchev–Trinajstić information content (AvgIpc) is 2.99. The Balaban J connectivity index is 1.97. The van der Waals surface area contributed by atoms with Crippen molar-refractivity contribution in [2.45, 2.75) is 24.4 Å². The van der Waals surface area contributed by atoms with Crippen LogP contribution in [0.4, 0.5) is 0 Å². The molecule has 62 valence electrons. The molecule has 1 heterocycles. The zero-order valence-electron chi connectivity index (χ0n) is 6.99. The van der Waals surface area contributed by atoms with Crippen LogP contribution in [0.1, 0.15) is 18.4 Å². The largest absolute Gasteiger partial charge is 0.372 e. The summed E-state index contributed by atoms with van der Waals surface area (Å²) in [4.78, 5) is 0. The van der Waals surface area contributed by atoms with Gasteiger partial charge in [0.1, 0.15) is 0 Å². The molecule has 1 aliphatic heterocycles. The van der Waals surface area contributed by atoms with Gasteiger partial charge in [-0.3, -0.25) is 0 Å². The molecule has 12 heavy (non-hydrogen) atoms. The summed E-state index contributed by atoms with van der Waals surface area (Å²) in [5.41, 5.74) is 1.91. The van der Waals surface area contributed by atoms with Crippen LogP contribution in [0.25, 0.3) is 0 Å². The summed E-state index contributed by atoms with van der Waals surface area (Å²) in [7, 11) is 0. The van der Waals surface area contributed by atoms with E-state index >= 15 is 0 Å². The van der Waals surface area contributed by atoms with Crippen molar-refractivity contribution >= 4 is 0 Å². The first-order chi connectivity index (χ1) is 5.92. The molecule has 0 amide bonds. The van der Waals surface area contributed by atoms with Gasteiger partial charge in [-0.2, -0.15) is 0 Å². The number of ether oxygens (including phenoxy) is 1. The second-order valence-electron chi connectivity index (χ2n) is 3.84. The lowest BCUT2D eigenvalue weighted by Crippen LogP contribution is -2.13. The van der Waals surface area contributed by atoms with Crippen LogP contribution in [0.2, 0.25) is 0 Å². The van der Waals surface area contributed by atoms with Gasteiger partial charge >= 0.3 is 0 Å². The topological polar surface area (TPSA) is 12.5 Å². The molecule has 0 bridgehead atoms. The molecule has 3 rings (SSSR count). The van der Waals surface area contributed by atoms with Gasteiger partial charge in [-0.15, -0.1) is 0 Å². The van der Waals surface area contributed by atoms with Crippen molar-refractivity contribution in [3.05, 3.63) is 35.9 Å². The van der Waals surface area contributed by atoms with Crippen molar-refractivity contribution in [2.24, 2.45) is 0 Å². The molecule has 0 radical (unpaired) electrons. The molecule has 1 aromatic rings. The molecule has 1 saturated carbocycles. The van der Waals surface area contributed by atoms with Gasteiger partial charge in [0.25, 0.3) is 0 Å². The van der Waals surface area contributed by atoms with E-state index in [1.54, 1.807) is 0 Å². The van der Waals surface area contributed by atoms with Gasteiger partial charge in [0, 0.05) is 5.41 Å². The van der Waals surface area contributed by atoms with Crippen LogP contribution in [0, 0.1) is 0 Å². The number of benzene rings is 1. The van der Waals surface area contributed by atoms with E-state index in [9.17, 15) is 0 Å². The third-order valence-corrected chi connectivity index (χ3v) is 3.09. The Kier molecular flexibility index (Phi) is 1.17. The molecule has 2 aliphatic rings. The predicted octanol–water partition coefficient (Wildman–Crippen LogP) is 2.12. The molecule has 1 atom stereocenters. The zero-order valence-corrected chi connectivity index (χ0v) is 6.99. The Morgan fingerprint density at radius 2 is 1.83 bits per heavy atom. The Morgan fingerprint density at radius 3 is 2.33 bits per heavy atom. The van der Waals surface area contributed by atoms with Crippen molar-refractivity contribution < 1.29 is 4.74 Å². The van der Waals surface area contributed by atoms with Crippen LogP contribution in [0.15, 0.2) is 30.3 Å². The molecule has 2 fully saturated rings. The van der Waals surface area contributed by atoms with Gasteiger partial charge in [0.2, 0.25) is 0 Å². The fraction of sp³-hybridized carbons (Fsp3) is 0.455. The first kappa shape index (κ1) is 6.67. The fourth-order valence-electron chi connectivity index (χ4n) is 2.07. The lowest BCUT2D eigenvalue weighted by molar-refractivity contribution is 0.364. The highest BCUT2D eigenvalue weighted by molar-refractivity contribution is 5.34. The minimum absolute atomic E-state index is 0.432. The summed E-state index contributed by atoms with van der Waals surface area (Å²) in [6.07, 6.45) is 3.18. The highest BCUT2D eigenvalue weighted by Gasteiger charge is 2.56. The van der Waals surface area contributed by atoms with Crippen molar-refractivity contribution in [3.8, 4) is 0 Å². The van der Waals surface area contributed by atoms with E-state index < -0.39 is 0 Å². The third-order valence-electron chi connectivity index (χ3n) is 3.09. The lowest BCUT2D eigenvalue weighted by Gasteiger charge is -2.11. The standard InChI is InChI=1S/C11H12O/c1-2-4-9(5-3-1)11(6-7-11)10-8-12-10/h1-5,10H,6-8H2. The lowest BCUT2D eigenvalue weighted by atomic mass is 9.93. The van der Waals surface area contributed by atoms with Gasteiger partial charge in [0.05, 0.1) is 12.7 Å². The predicted molar refractivity (Wildman–Crippen MR) is 47.1 cm³/mol. The maximum atomic E-state index is 5.39. The van der Waals surface area contributed by atoms with Crippen LogP contribution in [0.3, 0.4) is 0 Å². The highest BCUT2D eigenvalue weighted by atomic mass is 16.6.